The van der Waals surface area contributed by atoms with E-state index in [4.69, 9.17) is 5.11 Å². The van der Waals surface area contributed by atoms with E-state index in [0.717, 1.165) is 29.0 Å². The van der Waals surface area contributed by atoms with E-state index in [9.17, 15) is 0 Å². The second-order valence-corrected chi connectivity index (χ2v) is 4.75. The maximum absolute atomic E-state index is 9.12. The third-order valence-corrected chi connectivity index (χ3v) is 3.40. The van der Waals surface area contributed by atoms with Crippen LogP contribution < -0.4 is 5.32 Å². The van der Waals surface area contributed by atoms with Crippen LogP contribution in [-0.4, -0.2) is 25.0 Å². The Bertz CT molecular complexity index is 753. The summed E-state index contributed by atoms with van der Waals surface area (Å²) < 4.78 is 0. The second-order valence-electron chi connectivity index (χ2n) is 4.75. The Morgan fingerprint density at radius 2 is 2.10 bits per heavy atom. The first-order chi connectivity index (χ1) is 10.3. The monoisotopic (exact) mass is 283 g/mol. The number of H-pyrrole nitrogens is 1. The van der Waals surface area contributed by atoms with Crippen molar-refractivity contribution in [1.29, 1.82) is 0 Å². The van der Waals surface area contributed by atoms with Crippen molar-refractivity contribution in [2.45, 2.75) is 26.5 Å². The SMILES string of the molecule is CCc1c[nH]c2ncnc(NCc3cccc(CO)n3)c12. The van der Waals surface area contributed by atoms with Crippen LogP contribution in [0.5, 0.6) is 0 Å². The normalized spacial score (nSPS) is 11.0. The number of rotatable bonds is 5. The van der Waals surface area contributed by atoms with Crippen LogP contribution in [0.2, 0.25) is 0 Å². The standard InChI is InChI=1S/C15H17N5O/c1-2-10-6-16-14-13(10)15(19-9-18-14)17-7-11-4-3-5-12(8-21)20-11/h3-6,9,21H,2,7-8H2,1H3,(H2,16,17,18,19). The molecule has 3 aromatic heterocycles. The van der Waals surface area contributed by atoms with Gasteiger partial charge in [0.25, 0.3) is 0 Å². The average Bonchev–Trinajstić information content (AvgIpc) is 2.97. The lowest BCUT2D eigenvalue weighted by Gasteiger charge is -2.08. The molecule has 3 aromatic rings. The molecule has 6 heteroatoms. The minimum atomic E-state index is -0.0522. The van der Waals surface area contributed by atoms with E-state index in [1.165, 1.54) is 11.9 Å². The summed E-state index contributed by atoms with van der Waals surface area (Å²) in [5, 5.41) is 13.4. The number of nitrogens with zero attached hydrogens (tertiary/aromatic N) is 3. The first-order valence-corrected chi connectivity index (χ1v) is 6.92. The highest BCUT2D eigenvalue weighted by Crippen LogP contribution is 2.23. The zero-order chi connectivity index (χ0) is 14.7. The van der Waals surface area contributed by atoms with Gasteiger partial charge in [0.2, 0.25) is 0 Å². The van der Waals surface area contributed by atoms with Crippen molar-refractivity contribution in [3.63, 3.8) is 0 Å². The minimum absolute atomic E-state index is 0.0522. The molecule has 0 radical (unpaired) electrons. The maximum atomic E-state index is 9.12. The van der Waals surface area contributed by atoms with E-state index in [1.807, 2.05) is 18.3 Å². The quantitative estimate of drug-likeness (QED) is 0.667. The zero-order valence-electron chi connectivity index (χ0n) is 11.8. The molecule has 0 unspecified atom stereocenters. The molecule has 21 heavy (non-hydrogen) atoms. The number of hydrogen-bond donors (Lipinski definition) is 3. The van der Waals surface area contributed by atoms with E-state index >= 15 is 0 Å². The number of anilines is 1. The largest absolute Gasteiger partial charge is 0.390 e. The fourth-order valence-corrected chi connectivity index (χ4v) is 2.33. The van der Waals surface area contributed by atoms with Gasteiger partial charge in [-0.1, -0.05) is 13.0 Å². The third-order valence-electron chi connectivity index (χ3n) is 3.40. The second kappa shape index (κ2) is 5.88. The summed E-state index contributed by atoms with van der Waals surface area (Å²) in [5.41, 5.74) is 3.55. The van der Waals surface area contributed by atoms with E-state index < -0.39 is 0 Å². The number of aliphatic hydroxyl groups excluding tert-OH is 1. The third kappa shape index (κ3) is 2.71. The van der Waals surface area contributed by atoms with Crippen LogP contribution >= 0.6 is 0 Å². The number of pyridine rings is 1. The van der Waals surface area contributed by atoms with Crippen molar-refractivity contribution < 1.29 is 5.11 Å². The van der Waals surface area contributed by atoms with Gasteiger partial charge < -0.3 is 15.4 Å². The van der Waals surface area contributed by atoms with E-state index in [-0.39, 0.29) is 6.61 Å². The topological polar surface area (TPSA) is 86.7 Å². The average molecular weight is 283 g/mol. The molecule has 0 saturated heterocycles. The van der Waals surface area contributed by atoms with Crippen molar-refractivity contribution in [1.82, 2.24) is 19.9 Å². The van der Waals surface area contributed by atoms with Gasteiger partial charge >= 0.3 is 0 Å². The van der Waals surface area contributed by atoms with Crippen LogP contribution in [0.15, 0.2) is 30.7 Å². The molecule has 0 atom stereocenters. The molecule has 0 aromatic carbocycles. The lowest BCUT2D eigenvalue weighted by molar-refractivity contribution is 0.276. The molecule has 0 aliphatic carbocycles. The van der Waals surface area contributed by atoms with Crippen molar-refractivity contribution in [2.24, 2.45) is 0 Å². The Balaban J connectivity index is 1.86. The van der Waals surface area contributed by atoms with Gasteiger partial charge in [0.1, 0.15) is 17.8 Å². The predicted molar refractivity (Wildman–Crippen MR) is 80.8 cm³/mol. The number of aliphatic hydroxyl groups is 1. The summed E-state index contributed by atoms with van der Waals surface area (Å²) in [5.74, 6) is 0.800. The number of aromatic nitrogens is 4. The van der Waals surface area contributed by atoms with Crippen LogP contribution in [0, 0.1) is 0 Å². The molecule has 3 N–H and O–H groups in total. The number of fused-ring (bicyclic) bond motifs is 1. The summed E-state index contributed by atoms with van der Waals surface area (Å²) in [6, 6.07) is 5.61. The number of aryl methyl sites for hydroxylation is 1. The molecule has 0 saturated carbocycles. The van der Waals surface area contributed by atoms with E-state index in [0.29, 0.717) is 12.2 Å². The number of nitrogens with one attached hydrogen (secondary N) is 2. The summed E-state index contributed by atoms with van der Waals surface area (Å²) >= 11 is 0. The highest BCUT2D eigenvalue weighted by Gasteiger charge is 2.09. The first kappa shape index (κ1) is 13.5. The number of hydrogen-bond acceptors (Lipinski definition) is 5. The highest BCUT2D eigenvalue weighted by atomic mass is 16.3. The van der Waals surface area contributed by atoms with Crippen molar-refractivity contribution in [2.75, 3.05) is 5.32 Å². The van der Waals surface area contributed by atoms with Gasteiger partial charge in [-0.25, -0.2) is 9.97 Å². The lowest BCUT2D eigenvalue weighted by atomic mass is 10.2. The minimum Gasteiger partial charge on any atom is -0.390 e. The Kier molecular flexibility index (Phi) is 3.79. The van der Waals surface area contributed by atoms with Gasteiger partial charge in [-0.05, 0) is 24.1 Å². The van der Waals surface area contributed by atoms with Gasteiger partial charge in [-0.3, -0.25) is 4.98 Å². The van der Waals surface area contributed by atoms with Gasteiger partial charge in [-0.15, -0.1) is 0 Å². The molecule has 0 aliphatic rings. The fraction of sp³-hybridized carbons (Fsp3) is 0.267. The van der Waals surface area contributed by atoms with Gasteiger partial charge in [0.15, 0.2) is 0 Å². The van der Waals surface area contributed by atoms with Crippen LogP contribution in [-0.2, 0) is 19.6 Å². The van der Waals surface area contributed by atoms with Crippen LogP contribution in [0.1, 0.15) is 23.9 Å². The van der Waals surface area contributed by atoms with Crippen molar-refractivity contribution in [3.05, 3.63) is 47.7 Å². The smallest absolute Gasteiger partial charge is 0.143 e. The predicted octanol–water partition coefficient (Wildman–Crippen LogP) is 2.02. The molecule has 108 valence electrons. The maximum Gasteiger partial charge on any atom is 0.143 e. The van der Waals surface area contributed by atoms with Crippen molar-refractivity contribution in [3.8, 4) is 0 Å². The summed E-state index contributed by atoms with van der Waals surface area (Å²) in [6.07, 6.45) is 4.42. The fourth-order valence-electron chi connectivity index (χ4n) is 2.33. The first-order valence-electron chi connectivity index (χ1n) is 6.92. The Hall–Kier alpha value is -2.47. The molecular formula is C15H17N5O. The van der Waals surface area contributed by atoms with Gasteiger partial charge in [-0.2, -0.15) is 0 Å². The molecule has 6 nitrogen and oxygen atoms in total. The Labute approximate surface area is 122 Å². The van der Waals surface area contributed by atoms with Crippen LogP contribution in [0.4, 0.5) is 5.82 Å². The molecule has 0 fully saturated rings. The summed E-state index contributed by atoms with van der Waals surface area (Å²) in [7, 11) is 0. The molecule has 3 heterocycles. The highest BCUT2D eigenvalue weighted by molar-refractivity contribution is 5.90. The summed E-state index contributed by atoms with van der Waals surface area (Å²) in [4.78, 5) is 16.1. The molecule has 0 amide bonds. The van der Waals surface area contributed by atoms with Gasteiger partial charge in [0.05, 0.1) is 29.9 Å². The molecule has 0 aliphatic heterocycles. The lowest BCUT2D eigenvalue weighted by Crippen LogP contribution is -2.05. The van der Waals surface area contributed by atoms with Crippen molar-refractivity contribution >= 4 is 16.9 Å². The van der Waals surface area contributed by atoms with Crippen LogP contribution in [0.25, 0.3) is 11.0 Å². The van der Waals surface area contributed by atoms with E-state index in [1.54, 1.807) is 6.07 Å². The molecule has 0 spiro atoms. The summed E-state index contributed by atoms with van der Waals surface area (Å²) in [6.45, 7) is 2.60. The van der Waals surface area contributed by atoms with Crippen LogP contribution in [0.3, 0.4) is 0 Å². The number of aromatic amines is 1. The molecule has 0 bridgehead atoms. The zero-order valence-corrected chi connectivity index (χ0v) is 11.8. The Morgan fingerprint density at radius 3 is 2.90 bits per heavy atom. The van der Waals surface area contributed by atoms with E-state index in [2.05, 4.69) is 32.2 Å². The Morgan fingerprint density at radius 1 is 1.24 bits per heavy atom. The molecular weight excluding hydrogens is 266 g/mol. The molecule has 3 rings (SSSR count). The van der Waals surface area contributed by atoms with Gasteiger partial charge in [0, 0.05) is 6.20 Å².